The molecule has 0 aliphatic heterocycles. The fourth-order valence-corrected chi connectivity index (χ4v) is 4.16. The van der Waals surface area contributed by atoms with Gasteiger partial charge in [-0.15, -0.1) is 0 Å². The van der Waals surface area contributed by atoms with E-state index in [0.29, 0.717) is 23.1 Å². The SMILES string of the molecule is CCN(CCCNC(=O)c1oc2ccccc2c1CS(C)(=O)=O)c1ccccc1. The van der Waals surface area contributed by atoms with E-state index in [0.717, 1.165) is 31.5 Å². The van der Waals surface area contributed by atoms with Crippen LogP contribution >= 0.6 is 0 Å². The molecule has 0 saturated carbocycles. The molecular formula is C22H26N2O4S. The molecule has 2 aromatic carbocycles. The molecule has 29 heavy (non-hydrogen) atoms. The summed E-state index contributed by atoms with van der Waals surface area (Å²) >= 11 is 0. The van der Waals surface area contributed by atoms with Crippen LogP contribution in [0.2, 0.25) is 0 Å². The van der Waals surface area contributed by atoms with Gasteiger partial charge in [-0.25, -0.2) is 8.42 Å². The molecular weight excluding hydrogens is 388 g/mol. The molecule has 7 heteroatoms. The molecule has 1 aromatic heterocycles. The van der Waals surface area contributed by atoms with Crippen LogP contribution in [0.5, 0.6) is 0 Å². The van der Waals surface area contributed by atoms with Crippen molar-refractivity contribution in [1.29, 1.82) is 0 Å². The summed E-state index contributed by atoms with van der Waals surface area (Å²) in [5.74, 6) is -0.542. The number of anilines is 1. The first-order valence-electron chi connectivity index (χ1n) is 9.65. The Morgan fingerprint density at radius 1 is 1.07 bits per heavy atom. The van der Waals surface area contributed by atoms with Crippen LogP contribution in [-0.4, -0.2) is 40.2 Å². The summed E-state index contributed by atoms with van der Waals surface area (Å²) < 4.78 is 29.4. The predicted molar refractivity (Wildman–Crippen MR) is 116 cm³/mol. The zero-order valence-corrected chi connectivity index (χ0v) is 17.5. The number of carbonyl (C=O) groups excluding carboxylic acids is 1. The lowest BCUT2D eigenvalue weighted by molar-refractivity contribution is 0.0927. The van der Waals surface area contributed by atoms with Crippen molar-refractivity contribution >= 4 is 32.4 Å². The smallest absolute Gasteiger partial charge is 0.287 e. The van der Waals surface area contributed by atoms with Crippen LogP contribution in [0, 0.1) is 0 Å². The van der Waals surface area contributed by atoms with E-state index in [4.69, 9.17) is 4.42 Å². The maximum absolute atomic E-state index is 12.7. The third-order valence-corrected chi connectivity index (χ3v) is 5.52. The molecule has 3 aromatic rings. The summed E-state index contributed by atoms with van der Waals surface area (Å²) in [6.07, 6.45) is 1.91. The van der Waals surface area contributed by atoms with Gasteiger partial charge in [-0.1, -0.05) is 36.4 Å². The van der Waals surface area contributed by atoms with Crippen molar-refractivity contribution in [2.45, 2.75) is 19.1 Å². The van der Waals surface area contributed by atoms with Gasteiger partial charge in [0.15, 0.2) is 15.6 Å². The molecule has 0 unspecified atom stereocenters. The Kier molecular flexibility index (Phi) is 6.59. The van der Waals surface area contributed by atoms with Gasteiger partial charge in [0.25, 0.3) is 5.91 Å². The minimum atomic E-state index is -3.31. The second kappa shape index (κ2) is 9.13. The van der Waals surface area contributed by atoms with E-state index >= 15 is 0 Å². The van der Waals surface area contributed by atoms with Gasteiger partial charge in [-0.3, -0.25) is 4.79 Å². The van der Waals surface area contributed by atoms with E-state index in [1.807, 2.05) is 18.2 Å². The van der Waals surface area contributed by atoms with Crippen LogP contribution < -0.4 is 10.2 Å². The summed E-state index contributed by atoms with van der Waals surface area (Å²) in [5, 5.41) is 3.52. The van der Waals surface area contributed by atoms with Crippen molar-refractivity contribution in [3.8, 4) is 0 Å². The second-order valence-corrected chi connectivity index (χ2v) is 9.14. The monoisotopic (exact) mass is 414 g/mol. The topological polar surface area (TPSA) is 79.6 Å². The molecule has 0 saturated heterocycles. The van der Waals surface area contributed by atoms with Crippen molar-refractivity contribution < 1.29 is 17.6 Å². The molecule has 0 atom stereocenters. The van der Waals surface area contributed by atoms with E-state index in [2.05, 4.69) is 29.3 Å². The number of sulfone groups is 1. The first-order valence-corrected chi connectivity index (χ1v) is 11.7. The van der Waals surface area contributed by atoms with Crippen LogP contribution in [0.1, 0.15) is 29.5 Å². The molecule has 0 fully saturated rings. The van der Waals surface area contributed by atoms with Crippen LogP contribution in [0.25, 0.3) is 11.0 Å². The fraction of sp³-hybridized carbons (Fsp3) is 0.318. The molecule has 6 nitrogen and oxygen atoms in total. The largest absolute Gasteiger partial charge is 0.451 e. The minimum absolute atomic E-state index is 0.0760. The van der Waals surface area contributed by atoms with E-state index in [9.17, 15) is 13.2 Å². The standard InChI is InChI=1S/C22H26N2O4S/c1-3-24(17-10-5-4-6-11-17)15-9-14-23-22(25)21-19(16-29(2,26)27)18-12-7-8-13-20(18)28-21/h4-8,10-13H,3,9,14-16H2,1-2H3,(H,23,25). The molecule has 1 N–H and O–H groups in total. The van der Waals surface area contributed by atoms with Crippen molar-refractivity contribution in [3.05, 3.63) is 65.9 Å². The van der Waals surface area contributed by atoms with Gasteiger partial charge in [0.1, 0.15) is 5.58 Å². The normalized spacial score (nSPS) is 11.5. The molecule has 0 bridgehead atoms. The third kappa shape index (κ3) is 5.38. The minimum Gasteiger partial charge on any atom is -0.451 e. The number of nitrogens with zero attached hydrogens (tertiary/aromatic N) is 1. The van der Waals surface area contributed by atoms with E-state index < -0.39 is 9.84 Å². The van der Waals surface area contributed by atoms with Crippen molar-refractivity contribution in [3.63, 3.8) is 0 Å². The third-order valence-electron chi connectivity index (χ3n) is 4.70. The van der Waals surface area contributed by atoms with Crippen LogP contribution in [0.4, 0.5) is 5.69 Å². The zero-order valence-electron chi connectivity index (χ0n) is 16.7. The summed E-state index contributed by atoms with van der Waals surface area (Å²) in [7, 11) is -3.31. The number of amides is 1. The van der Waals surface area contributed by atoms with Gasteiger partial charge in [0.05, 0.1) is 5.75 Å². The van der Waals surface area contributed by atoms with Gasteiger partial charge in [-0.2, -0.15) is 0 Å². The van der Waals surface area contributed by atoms with Gasteiger partial charge < -0.3 is 14.6 Å². The number of carbonyl (C=O) groups is 1. The van der Waals surface area contributed by atoms with Gasteiger partial charge in [0, 0.05) is 42.5 Å². The number of hydrogen-bond donors (Lipinski definition) is 1. The summed E-state index contributed by atoms with van der Waals surface area (Å²) in [4.78, 5) is 14.9. The first kappa shape index (κ1) is 20.9. The van der Waals surface area contributed by atoms with Gasteiger partial charge >= 0.3 is 0 Å². The van der Waals surface area contributed by atoms with Crippen LogP contribution in [0.3, 0.4) is 0 Å². The van der Waals surface area contributed by atoms with E-state index in [1.54, 1.807) is 24.3 Å². The summed E-state index contributed by atoms with van der Waals surface area (Å²) in [6, 6.07) is 17.2. The number of hydrogen-bond acceptors (Lipinski definition) is 5. The van der Waals surface area contributed by atoms with Gasteiger partial charge in [0.2, 0.25) is 0 Å². The lowest BCUT2D eigenvalue weighted by atomic mass is 10.1. The van der Waals surface area contributed by atoms with Gasteiger partial charge in [-0.05, 0) is 31.5 Å². The highest BCUT2D eigenvalue weighted by Crippen LogP contribution is 2.27. The number of benzene rings is 2. The van der Waals surface area contributed by atoms with Crippen molar-refractivity contribution in [2.24, 2.45) is 0 Å². The maximum atomic E-state index is 12.7. The Hall–Kier alpha value is -2.80. The number of furan rings is 1. The van der Waals surface area contributed by atoms with Crippen LogP contribution in [0.15, 0.2) is 59.0 Å². The highest BCUT2D eigenvalue weighted by Gasteiger charge is 2.23. The Labute approximate surface area is 171 Å². The Morgan fingerprint density at radius 3 is 2.45 bits per heavy atom. The first-order chi connectivity index (χ1) is 13.9. The molecule has 154 valence electrons. The number of rotatable bonds is 9. The van der Waals surface area contributed by atoms with E-state index in [1.165, 1.54) is 0 Å². The molecule has 0 spiro atoms. The highest BCUT2D eigenvalue weighted by atomic mass is 32.2. The molecule has 1 heterocycles. The zero-order chi connectivity index (χ0) is 20.9. The summed E-state index contributed by atoms with van der Waals surface area (Å²) in [6.45, 7) is 4.24. The number of nitrogens with one attached hydrogen (secondary N) is 1. The highest BCUT2D eigenvalue weighted by molar-refractivity contribution is 7.89. The number of fused-ring (bicyclic) bond motifs is 1. The number of para-hydroxylation sites is 2. The van der Waals surface area contributed by atoms with Crippen molar-refractivity contribution in [1.82, 2.24) is 5.32 Å². The summed E-state index contributed by atoms with van der Waals surface area (Å²) in [5.41, 5.74) is 2.08. The van der Waals surface area contributed by atoms with Crippen LogP contribution in [-0.2, 0) is 15.6 Å². The van der Waals surface area contributed by atoms with Crippen molar-refractivity contribution in [2.75, 3.05) is 30.8 Å². The molecule has 1 amide bonds. The Bertz CT molecular complexity index is 1070. The maximum Gasteiger partial charge on any atom is 0.287 e. The lowest BCUT2D eigenvalue weighted by Gasteiger charge is -2.23. The van der Waals surface area contributed by atoms with E-state index in [-0.39, 0.29) is 17.4 Å². The molecule has 0 aliphatic rings. The molecule has 0 aliphatic carbocycles. The second-order valence-electron chi connectivity index (χ2n) is 7.00. The molecule has 3 rings (SSSR count). The lowest BCUT2D eigenvalue weighted by Crippen LogP contribution is -2.30. The predicted octanol–water partition coefficient (Wildman–Crippen LogP) is 3.62. The average Bonchev–Trinajstić information content (AvgIpc) is 3.05. The fourth-order valence-electron chi connectivity index (χ4n) is 3.35. The Balaban J connectivity index is 1.66. The molecule has 0 radical (unpaired) electrons. The Morgan fingerprint density at radius 2 is 1.76 bits per heavy atom. The quantitative estimate of drug-likeness (QED) is 0.541. The average molecular weight is 415 g/mol.